The van der Waals surface area contributed by atoms with Crippen molar-refractivity contribution in [3.63, 3.8) is 0 Å². The van der Waals surface area contributed by atoms with Gasteiger partial charge in [0.25, 0.3) is 11.6 Å². The van der Waals surface area contributed by atoms with E-state index >= 15 is 0 Å². The number of esters is 1. The maximum absolute atomic E-state index is 12.1. The van der Waals surface area contributed by atoms with Crippen LogP contribution in [-0.4, -0.2) is 33.6 Å². The quantitative estimate of drug-likeness (QED) is 0.377. The topological polar surface area (TPSA) is 137 Å². The number of rotatable bonds is 6. The molecule has 1 heterocycles. The van der Waals surface area contributed by atoms with Crippen LogP contribution in [-0.2, 0) is 9.53 Å². The first-order valence-corrected chi connectivity index (χ1v) is 8.11. The van der Waals surface area contributed by atoms with Crippen molar-refractivity contribution < 1.29 is 23.7 Å². The molecular weight excluding hydrogens is 392 g/mol. The molecule has 0 aliphatic carbocycles. The fourth-order valence-electron chi connectivity index (χ4n) is 2.17. The van der Waals surface area contributed by atoms with E-state index < -0.39 is 29.1 Å². The first-order chi connectivity index (χ1) is 13.4. The minimum Gasteiger partial charge on any atom is -0.452 e. The van der Waals surface area contributed by atoms with E-state index in [1.165, 1.54) is 6.07 Å². The maximum Gasteiger partial charge on any atom is 0.345 e. The van der Waals surface area contributed by atoms with E-state index in [-0.39, 0.29) is 22.5 Å². The first-order valence-electron chi connectivity index (χ1n) is 7.74. The smallest absolute Gasteiger partial charge is 0.345 e. The standard InChI is InChI=1S/C17H11ClN4O6/c18-11-6-7-13(22(25)26)12(8-11)16(24)27-9-14(23)19-17-21-20-15(28-17)10-4-2-1-3-5-10/h1-8H,9H2,(H,19,21,23). The van der Waals surface area contributed by atoms with E-state index in [4.69, 9.17) is 20.8 Å². The Kier molecular flexibility index (Phi) is 5.61. The van der Waals surface area contributed by atoms with Crippen molar-refractivity contribution in [3.05, 3.63) is 69.2 Å². The number of anilines is 1. The second-order valence-electron chi connectivity index (χ2n) is 5.32. The highest BCUT2D eigenvalue weighted by Crippen LogP contribution is 2.23. The molecule has 1 aromatic heterocycles. The molecule has 0 atom stereocenters. The Labute approximate surface area is 162 Å². The number of nitrogens with zero attached hydrogens (tertiary/aromatic N) is 3. The lowest BCUT2D eigenvalue weighted by Crippen LogP contribution is -2.21. The predicted octanol–water partition coefficient (Wildman–Crippen LogP) is 3.09. The molecule has 0 fully saturated rings. The molecule has 2 aromatic carbocycles. The number of halogens is 1. The highest BCUT2D eigenvalue weighted by molar-refractivity contribution is 6.31. The summed E-state index contributed by atoms with van der Waals surface area (Å²) >= 11 is 5.75. The number of aromatic nitrogens is 2. The molecule has 0 aliphatic rings. The summed E-state index contributed by atoms with van der Waals surface area (Å²) in [5, 5.41) is 20.8. The zero-order chi connectivity index (χ0) is 20.1. The van der Waals surface area contributed by atoms with Crippen LogP contribution in [0.25, 0.3) is 11.5 Å². The molecule has 0 unspecified atom stereocenters. The molecule has 11 heteroatoms. The van der Waals surface area contributed by atoms with Crippen molar-refractivity contribution in [2.45, 2.75) is 0 Å². The summed E-state index contributed by atoms with van der Waals surface area (Å²) in [6.07, 6.45) is 0. The molecule has 0 radical (unpaired) electrons. The molecule has 0 saturated carbocycles. The van der Waals surface area contributed by atoms with Gasteiger partial charge in [0, 0.05) is 16.7 Å². The third kappa shape index (κ3) is 4.48. The normalized spacial score (nSPS) is 10.3. The van der Waals surface area contributed by atoms with E-state index in [9.17, 15) is 19.7 Å². The number of nitro benzene ring substituents is 1. The zero-order valence-corrected chi connectivity index (χ0v) is 14.8. The van der Waals surface area contributed by atoms with Crippen molar-refractivity contribution in [2.75, 3.05) is 11.9 Å². The SMILES string of the molecule is O=C(COC(=O)c1cc(Cl)ccc1[N+](=O)[O-])Nc1nnc(-c2ccccc2)o1. The van der Waals surface area contributed by atoms with Gasteiger partial charge in [-0.25, -0.2) is 4.79 Å². The monoisotopic (exact) mass is 402 g/mol. The number of benzene rings is 2. The van der Waals surface area contributed by atoms with Gasteiger partial charge < -0.3 is 9.15 Å². The van der Waals surface area contributed by atoms with Gasteiger partial charge in [-0.05, 0) is 24.3 Å². The van der Waals surface area contributed by atoms with E-state index in [0.29, 0.717) is 5.56 Å². The highest BCUT2D eigenvalue weighted by atomic mass is 35.5. The molecule has 3 rings (SSSR count). The number of nitrogens with one attached hydrogen (secondary N) is 1. The fraction of sp³-hybridized carbons (Fsp3) is 0.0588. The summed E-state index contributed by atoms with van der Waals surface area (Å²) in [6.45, 7) is -0.717. The van der Waals surface area contributed by atoms with Gasteiger partial charge in [-0.3, -0.25) is 20.2 Å². The van der Waals surface area contributed by atoms with Gasteiger partial charge in [0.05, 0.1) is 4.92 Å². The zero-order valence-electron chi connectivity index (χ0n) is 14.0. The summed E-state index contributed by atoms with van der Waals surface area (Å²) in [5.41, 5.74) is -0.191. The number of carbonyl (C=O) groups is 2. The highest BCUT2D eigenvalue weighted by Gasteiger charge is 2.23. The Bertz CT molecular complexity index is 1040. The minimum atomic E-state index is -1.07. The van der Waals surface area contributed by atoms with Crippen LogP contribution < -0.4 is 5.32 Å². The van der Waals surface area contributed by atoms with Gasteiger partial charge in [0.2, 0.25) is 5.89 Å². The van der Waals surface area contributed by atoms with Crippen molar-refractivity contribution in [3.8, 4) is 11.5 Å². The minimum absolute atomic E-state index is 0.112. The fourth-order valence-corrected chi connectivity index (χ4v) is 2.34. The van der Waals surface area contributed by atoms with Crippen molar-refractivity contribution in [1.29, 1.82) is 0 Å². The molecular formula is C17H11ClN4O6. The van der Waals surface area contributed by atoms with Crippen LogP contribution in [0.1, 0.15) is 10.4 Å². The molecule has 10 nitrogen and oxygen atoms in total. The molecule has 1 amide bonds. The van der Waals surface area contributed by atoms with Gasteiger partial charge in [0.1, 0.15) is 5.56 Å². The number of carbonyl (C=O) groups excluding carboxylic acids is 2. The third-order valence-corrected chi connectivity index (χ3v) is 3.64. The van der Waals surface area contributed by atoms with Crippen LogP contribution in [0, 0.1) is 10.1 Å². The number of ether oxygens (including phenoxy) is 1. The Morgan fingerprint density at radius 2 is 1.93 bits per heavy atom. The van der Waals surface area contributed by atoms with Crippen molar-refractivity contribution in [1.82, 2.24) is 10.2 Å². The second kappa shape index (κ2) is 8.27. The van der Waals surface area contributed by atoms with E-state index in [1.807, 2.05) is 6.07 Å². The van der Waals surface area contributed by atoms with Crippen LogP contribution in [0.5, 0.6) is 0 Å². The molecule has 1 N–H and O–H groups in total. The molecule has 0 saturated heterocycles. The van der Waals surface area contributed by atoms with Crippen LogP contribution in [0.2, 0.25) is 5.02 Å². The largest absolute Gasteiger partial charge is 0.452 e. The summed E-state index contributed by atoms with van der Waals surface area (Å²) in [6, 6.07) is 12.1. The Hall–Kier alpha value is -3.79. The Balaban J connectivity index is 1.61. The molecule has 3 aromatic rings. The number of amides is 1. The molecule has 0 bridgehead atoms. The third-order valence-electron chi connectivity index (χ3n) is 3.40. The molecule has 142 valence electrons. The average molecular weight is 403 g/mol. The summed E-state index contributed by atoms with van der Waals surface area (Å²) in [7, 11) is 0. The van der Waals surface area contributed by atoms with Crippen LogP contribution >= 0.6 is 11.6 Å². The second-order valence-corrected chi connectivity index (χ2v) is 5.76. The van der Waals surface area contributed by atoms with Gasteiger partial charge in [0.15, 0.2) is 6.61 Å². The number of hydrogen-bond acceptors (Lipinski definition) is 8. The van der Waals surface area contributed by atoms with Crippen LogP contribution in [0.4, 0.5) is 11.7 Å². The van der Waals surface area contributed by atoms with Gasteiger partial charge in [-0.15, -0.1) is 5.10 Å². The molecule has 28 heavy (non-hydrogen) atoms. The first kappa shape index (κ1) is 19.0. The lowest BCUT2D eigenvalue weighted by atomic mass is 10.2. The van der Waals surface area contributed by atoms with Gasteiger partial charge in [-0.1, -0.05) is 34.9 Å². The van der Waals surface area contributed by atoms with E-state index in [1.54, 1.807) is 24.3 Å². The Morgan fingerprint density at radius 3 is 2.64 bits per heavy atom. The number of hydrogen-bond donors (Lipinski definition) is 1. The molecule has 0 spiro atoms. The van der Waals surface area contributed by atoms with Gasteiger partial charge in [-0.2, -0.15) is 0 Å². The summed E-state index contributed by atoms with van der Waals surface area (Å²) in [4.78, 5) is 34.2. The lowest BCUT2D eigenvalue weighted by molar-refractivity contribution is -0.385. The van der Waals surface area contributed by atoms with Crippen molar-refractivity contribution in [2.24, 2.45) is 0 Å². The van der Waals surface area contributed by atoms with E-state index in [2.05, 4.69) is 15.5 Å². The van der Waals surface area contributed by atoms with Crippen LogP contribution in [0.15, 0.2) is 52.9 Å². The molecule has 0 aliphatic heterocycles. The van der Waals surface area contributed by atoms with E-state index in [0.717, 1.165) is 12.1 Å². The number of nitro groups is 1. The summed E-state index contributed by atoms with van der Waals surface area (Å²) in [5.74, 6) is -1.64. The van der Waals surface area contributed by atoms with Crippen molar-refractivity contribution >= 4 is 35.2 Å². The Morgan fingerprint density at radius 1 is 1.18 bits per heavy atom. The maximum atomic E-state index is 12.1. The van der Waals surface area contributed by atoms with Crippen LogP contribution in [0.3, 0.4) is 0 Å². The summed E-state index contributed by atoms with van der Waals surface area (Å²) < 4.78 is 10.1. The lowest BCUT2D eigenvalue weighted by Gasteiger charge is -2.05. The predicted molar refractivity (Wildman–Crippen MR) is 96.8 cm³/mol. The average Bonchev–Trinajstić information content (AvgIpc) is 3.15. The van der Waals surface area contributed by atoms with Gasteiger partial charge >= 0.3 is 12.0 Å².